The smallest absolute Gasteiger partial charge is 0.0462 e. The molecule has 0 N–H and O–H groups in total. The minimum Gasteiger partial charge on any atom is -0.314 e. The molecule has 4 nitrogen and oxygen atoms in total. The first-order valence-corrected chi connectivity index (χ1v) is 30.8. The summed E-state index contributed by atoms with van der Waals surface area (Å²) in [5.41, 5.74) is 25.4. The summed E-state index contributed by atoms with van der Waals surface area (Å²) in [4.78, 5) is 9.56. The molecule has 0 saturated heterocycles. The van der Waals surface area contributed by atoms with Crippen molar-refractivity contribution < 1.29 is 0 Å². The lowest BCUT2D eigenvalue weighted by atomic mass is 9.91. The highest BCUT2D eigenvalue weighted by Gasteiger charge is 2.23. The van der Waals surface area contributed by atoms with Crippen LogP contribution in [0.15, 0.2) is 363 Å². The molecule has 0 radical (unpaired) electrons. The maximum Gasteiger partial charge on any atom is 0.0462 e. The molecule has 11 aromatic carbocycles. The van der Waals surface area contributed by atoms with Gasteiger partial charge in [0.05, 0.1) is 0 Å². The maximum absolute atomic E-state index is 2.42. The zero-order chi connectivity index (χ0) is 58.9. The second-order valence-electron chi connectivity index (χ2n) is 22.7. The second-order valence-corrected chi connectivity index (χ2v) is 22.7. The average Bonchev–Trinajstić information content (AvgIpc) is 3.76. The van der Waals surface area contributed by atoms with Crippen LogP contribution in [0.3, 0.4) is 0 Å². The number of benzene rings is 11. The van der Waals surface area contributed by atoms with Gasteiger partial charge in [-0.2, -0.15) is 0 Å². The van der Waals surface area contributed by atoms with Gasteiger partial charge in [-0.05, 0) is 210 Å². The van der Waals surface area contributed by atoms with Gasteiger partial charge in [0.2, 0.25) is 0 Å². The first-order chi connectivity index (χ1) is 43.6. The molecule has 88 heavy (non-hydrogen) atoms. The largest absolute Gasteiger partial charge is 0.314 e. The standard InChI is InChI=1S/C84H68N4/c1-7-19-63(20-8-1)65-31-47-77(48-32-65)85(73-23-11-3-12-24-73)79-51-35-67(36-52-79)69-39-55-81(56-40-69)87(75-27-15-5-16-28-75)83-59-43-71(44-60-83)72-45-61-84(62-46-72)88(76-29-17-6-18-30-76)82-57-41-70(42-58-82)68-37-53-80(54-38-68)86(74-25-13-4-14-26-74)78-49-33-66(34-50-78)64-21-9-2-10-22-64/h1-33,35-39,41-45,47-49,51-61,69H,34,40,46,50,62H2. The Hall–Kier alpha value is -10.9. The van der Waals surface area contributed by atoms with Gasteiger partial charge in [-0.25, -0.2) is 0 Å². The van der Waals surface area contributed by atoms with E-state index in [9.17, 15) is 0 Å². The van der Waals surface area contributed by atoms with E-state index in [1.165, 1.54) is 72.9 Å². The number of anilines is 9. The van der Waals surface area contributed by atoms with Crippen molar-refractivity contribution >= 4 is 62.3 Å². The fraction of sp³-hybridized carbons (Fsp3) is 0.0714. The minimum absolute atomic E-state index is 0.265. The molecule has 3 aliphatic carbocycles. The molecule has 0 amide bonds. The SMILES string of the molecule is C1=CC(c2ccc(N(c3ccccc3)c3ccc(-c4ccccc4)cc3)cc2)CC=C1N(c1ccccc1)c1ccc(C2=CC=C(N(c3ccccc3)c3ccc(-c4ccc(N(C5=CC=C(c6ccccc6)CC5)c5ccccc5)cc4)cc3)CC2)cc1. The zero-order valence-electron chi connectivity index (χ0n) is 49.3. The van der Waals surface area contributed by atoms with Crippen molar-refractivity contribution in [2.45, 2.75) is 38.0 Å². The van der Waals surface area contributed by atoms with Crippen molar-refractivity contribution in [2.24, 2.45) is 0 Å². The number of para-hydroxylation sites is 4. The molecule has 0 aromatic heterocycles. The Balaban J connectivity index is 0.669. The minimum atomic E-state index is 0.265. The van der Waals surface area contributed by atoms with E-state index in [-0.39, 0.29) is 5.92 Å². The molecular weight excluding hydrogens is 1060 g/mol. The van der Waals surface area contributed by atoms with E-state index in [0.717, 1.165) is 77.6 Å². The predicted molar refractivity (Wildman–Crippen MR) is 372 cm³/mol. The molecule has 424 valence electrons. The van der Waals surface area contributed by atoms with Crippen LogP contribution in [-0.2, 0) is 0 Å². The van der Waals surface area contributed by atoms with Gasteiger partial charge < -0.3 is 19.6 Å². The van der Waals surface area contributed by atoms with E-state index < -0.39 is 0 Å². The van der Waals surface area contributed by atoms with E-state index >= 15 is 0 Å². The van der Waals surface area contributed by atoms with Crippen LogP contribution in [0.25, 0.3) is 33.4 Å². The maximum atomic E-state index is 2.42. The van der Waals surface area contributed by atoms with Gasteiger partial charge in [0.1, 0.15) is 0 Å². The van der Waals surface area contributed by atoms with Crippen molar-refractivity contribution in [3.05, 3.63) is 380 Å². The van der Waals surface area contributed by atoms with E-state index in [0.29, 0.717) is 0 Å². The van der Waals surface area contributed by atoms with Gasteiger partial charge in [0, 0.05) is 74.2 Å². The van der Waals surface area contributed by atoms with Crippen molar-refractivity contribution in [1.29, 1.82) is 0 Å². The first kappa shape index (κ1) is 55.0. The van der Waals surface area contributed by atoms with Gasteiger partial charge in [0.15, 0.2) is 0 Å². The molecule has 0 spiro atoms. The van der Waals surface area contributed by atoms with E-state index in [4.69, 9.17) is 0 Å². The molecule has 4 heteroatoms. The zero-order valence-corrected chi connectivity index (χ0v) is 49.3. The Morgan fingerprint density at radius 3 is 0.909 bits per heavy atom. The molecule has 3 aliphatic rings. The van der Waals surface area contributed by atoms with Gasteiger partial charge in [-0.1, -0.05) is 218 Å². The fourth-order valence-corrected chi connectivity index (χ4v) is 12.7. The summed E-state index contributed by atoms with van der Waals surface area (Å²) in [6, 6.07) is 110. The quantitative estimate of drug-likeness (QED) is 0.0901. The number of nitrogens with zero attached hydrogens (tertiary/aromatic N) is 4. The lowest BCUT2D eigenvalue weighted by Crippen LogP contribution is -2.18. The Bertz CT molecular complexity index is 4320. The van der Waals surface area contributed by atoms with Crippen LogP contribution >= 0.6 is 0 Å². The lowest BCUT2D eigenvalue weighted by Gasteiger charge is -2.31. The molecule has 14 rings (SSSR count). The Morgan fingerprint density at radius 2 is 0.534 bits per heavy atom. The third kappa shape index (κ3) is 12.0. The first-order valence-electron chi connectivity index (χ1n) is 30.8. The van der Waals surface area contributed by atoms with Gasteiger partial charge in [-0.3, -0.25) is 0 Å². The number of hydrogen-bond acceptors (Lipinski definition) is 4. The molecule has 11 aromatic rings. The highest BCUT2D eigenvalue weighted by Crippen LogP contribution is 2.43. The molecular formula is C84H68N4. The van der Waals surface area contributed by atoms with Gasteiger partial charge in [0.25, 0.3) is 0 Å². The van der Waals surface area contributed by atoms with E-state index in [1.54, 1.807) is 0 Å². The number of allylic oxidation sites excluding steroid dienone is 11. The van der Waals surface area contributed by atoms with Crippen molar-refractivity contribution in [2.75, 3.05) is 19.6 Å². The molecule has 1 unspecified atom stereocenters. The topological polar surface area (TPSA) is 13.0 Å². The average molecular weight is 1130 g/mol. The molecule has 1 atom stereocenters. The summed E-state index contributed by atoms with van der Waals surface area (Å²) < 4.78 is 0. The Morgan fingerprint density at radius 1 is 0.239 bits per heavy atom. The lowest BCUT2D eigenvalue weighted by molar-refractivity contribution is 0.840. The normalized spacial score (nSPS) is 14.5. The summed E-state index contributed by atoms with van der Waals surface area (Å²) in [5, 5.41) is 0. The van der Waals surface area contributed by atoms with Crippen LogP contribution in [0.5, 0.6) is 0 Å². The summed E-state index contributed by atoms with van der Waals surface area (Å²) in [5.74, 6) is 0.265. The van der Waals surface area contributed by atoms with Crippen LogP contribution in [-0.4, -0.2) is 0 Å². The van der Waals surface area contributed by atoms with Crippen LogP contribution in [0.1, 0.15) is 54.7 Å². The van der Waals surface area contributed by atoms with Crippen LogP contribution in [0.2, 0.25) is 0 Å². The summed E-state index contributed by atoms with van der Waals surface area (Å²) >= 11 is 0. The van der Waals surface area contributed by atoms with Gasteiger partial charge >= 0.3 is 0 Å². The summed E-state index contributed by atoms with van der Waals surface area (Å²) in [6.45, 7) is 0. The molecule has 0 bridgehead atoms. The van der Waals surface area contributed by atoms with Crippen molar-refractivity contribution in [3.63, 3.8) is 0 Å². The monoisotopic (exact) mass is 1130 g/mol. The van der Waals surface area contributed by atoms with Crippen molar-refractivity contribution in [1.82, 2.24) is 0 Å². The van der Waals surface area contributed by atoms with E-state index in [1.807, 2.05) is 0 Å². The predicted octanol–water partition coefficient (Wildman–Crippen LogP) is 23.1. The van der Waals surface area contributed by atoms with Gasteiger partial charge in [-0.15, -0.1) is 0 Å². The third-order valence-corrected chi connectivity index (χ3v) is 17.3. The summed E-state index contributed by atoms with van der Waals surface area (Å²) in [6.07, 6.45) is 21.1. The second kappa shape index (κ2) is 25.7. The number of rotatable bonds is 17. The van der Waals surface area contributed by atoms with E-state index in [2.05, 4.69) is 365 Å². The van der Waals surface area contributed by atoms with Crippen LogP contribution < -0.4 is 19.6 Å². The molecule has 0 saturated carbocycles. The Labute approximate surface area is 518 Å². The molecule has 0 aliphatic heterocycles. The molecule has 0 fully saturated rings. The Kier molecular flexibility index (Phi) is 16.1. The number of hydrogen-bond donors (Lipinski definition) is 0. The highest BCUT2D eigenvalue weighted by atomic mass is 15.2. The summed E-state index contributed by atoms with van der Waals surface area (Å²) in [7, 11) is 0. The molecule has 0 heterocycles. The third-order valence-electron chi connectivity index (χ3n) is 17.3. The van der Waals surface area contributed by atoms with Crippen LogP contribution in [0.4, 0.5) is 51.2 Å². The fourth-order valence-electron chi connectivity index (χ4n) is 12.7. The van der Waals surface area contributed by atoms with Crippen LogP contribution in [0, 0.1) is 0 Å². The van der Waals surface area contributed by atoms with Crippen molar-refractivity contribution in [3.8, 4) is 22.3 Å². The highest BCUT2D eigenvalue weighted by molar-refractivity contribution is 5.82.